The molecule has 1 aromatic rings. The second-order valence-electron chi connectivity index (χ2n) is 4.59. The molecule has 116 valence electrons. The summed E-state index contributed by atoms with van der Waals surface area (Å²) in [6, 6.07) is 0. The minimum absolute atomic E-state index is 0.0589. The van der Waals surface area contributed by atoms with Gasteiger partial charge in [-0.3, -0.25) is 0 Å². The van der Waals surface area contributed by atoms with E-state index in [-0.39, 0.29) is 18.3 Å². The van der Waals surface area contributed by atoms with Crippen LogP contribution in [0.4, 0.5) is 13.2 Å². The summed E-state index contributed by atoms with van der Waals surface area (Å²) in [5.41, 5.74) is 4.99. The molecule has 0 aliphatic heterocycles. The summed E-state index contributed by atoms with van der Waals surface area (Å²) in [6.45, 7) is 2.55. The minimum Gasteiger partial charge on any atom is -0.379 e. The summed E-state index contributed by atoms with van der Waals surface area (Å²) in [4.78, 5) is 3.91. The molecule has 0 radical (unpaired) electrons. The molecule has 9 heteroatoms. The Morgan fingerprint density at radius 2 is 1.95 bits per heavy atom. The Kier molecular flexibility index (Phi) is 5.90. The molecule has 0 fully saturated rings. The van der Waals surface area contributed by atoms with Crippen LogP contribution in [0.2, 0.25) is 0 Å². The van der Waals surface area contributed by atoms with Crippen LogP contribution in [-0.4, -0.2) is 36.1 Å². The number of halogens is 3. The van der Waals surface area contributed by atoms with E-state index in [9.17, 15) is 13.2 Å². The summed E-state index contributed by atoms with van der Waals surface area (Å²) in [7, 11) is 0. The predicted octanol–water partition coefficient (Wildman–Crippen LogP) is 1.75. The molecule has 6 nitrogen and oxygen atoms in total. The van der Waals surface area contributed by atoms with Gasteiger partial charge in [0, 0.05) is 6.61 Å². The molecule has 0 amide bonds. The number of hydrogen-bond acceptors (Lipinski definition) is 6. The summed E-state index contributed by atoms with van der Waals surface area (Å²) in [6.07, 6.45) is -3.54. The molecule has 0 aliphatic rings. The molecule has 0 saturated carbocycles. The fourth-order valence-corrected chi connectivity index (χ4v) is 1.29. The van der Waals surface area contributed by atoms with Gasteiger partial charge in [0.2, 0.25) is 0 Å². The lowest BCUT2D eigenvalue weighted by molar-refractivity contribution is -0.178. The molecule has 0 saturated heterocycles. The molecular formula is C11H18F3N3O3. The lowest BCUT2D eigenvalue weighted by Crippen LogP contribution is -2.39. The zero-order valence-corrected chi connectivity index (χ0v) is 11.4. The van der Waals surface area contributed by atoms with Crippen molar-refractivity contribution in [2.24, 2.45) is 5.73 Å². The third-order valence-corrected chi connectivity index (χ3v) is 2.22. The van der Waals surface area contributed by atoms with Crippen LogP contribution in [0.1, 0.15) is 32.0 Å². The van der Waals surface area contributed by atoms with Gasteiger partial charge in [-0.1, -0.05) is 12.1 Å². The number of alkyl halides is 3. The van der Waals surface area contributed by atoms with Crippen molar-refractivity contribution in [3.63, 3.8) is 0 Å². The molecule has 2 N–H and O–H groups in total. The van der Waals surface area contributed by atoms with Gasteiger partial charge in [-0.05, 0) is 13.3 Å². The Labute approximate surface area is 114 Å². The maximum atomic E-state index is 11.9. The molecule has 1 aromatic heterocycles. The summed E-state index contributed by atoms with van der Waals surface area (Å²) < 4.78 is 50.2. The molecule has 0 aliphatic carbocycles. The van der Waals surface area contributed by atoms with Gasteiger partial charge >= 0.3 is 6.18 Å². The van der Waals surface area contributed by atoms with Gasteiger partial charge in [0.05, 0.1) is 6.61 Å². The molecule has 20 heavy (non-hydrogen) atoms. The monoisotopic (exact) mass is 297 g/mol. The molecule has 1 unspecified atom stereocenters. The number of nitrogens with two attached hydrogens (primary N) is 1. The molecule has 0 bridgehead atoms. The SMILES string of the molecule is CCCOCC(C)(N)c1noc(COCC(F)(F)F)n1. The van der Waals surface area contributed by atoms with Crippen LogP contribution >= 0.6 is 0 Å². The van der Waals surface area contributed by atoms with Crippen molar-refractivity contribution in [2.75, 3.05) is 19.8 Å². The van der Waals surface area contributed by atoms with Gasteiger partial charge in [0.25, 0.3) is 5.89 Å². The first-order valence-corrected chi connectivity index (χ1v) is 6.09. The van der Waals surface area contributed by atoms with Crippen molar-refractivity contribution in [3.05, 3.63) is 11.7 Å². The van der Waals surface area contributed by atoms with E-state index in [2.05, 4.69) is 14.9 Å². The van der Waals surface area contributed by atoms with E-state index in [4.69, 9.17) is 15.0 Å². The molecule has 0 aromatic carbocycles. The number of ether oxygens (including phenoxy) is 2. The van der Waals surface area contributed by atoms with Gasteiger partial charge in [-0.25, -0.2) is 0 Å². The maximum Gasteiger partial charge on any atom is 0.411 e. The van der Waals surface area contributed by atoms with Crippen LogP contribution in [0.15, 0.2) is 4.52 Å². The molecule has 1 rings (SSSR count). The fraction of sp³-hybridized carbons (Fsp3) is 0.818. The lowest BCUT2D eigenvalue weighted by atomic mass is 10.1. The highest BCUT2D eigenvalue weighted by atomic mass is 19.4. The van der Waals surface area contributed by atoms with Crippen molar-refractivity contribution < 1.29 is 27.2 Å². The van der Waals surface area contributed by atoms with Crippen LogP contribution in [-0.2, 0) is 21.6 Å². The predicted molar refractivity (Wildman–Crippen MR) is 62.7 cm³/mol. The lowest BCUT2D eigenvalue weighted by Gasteiger charge is -2.19. The van der Waals surface area contributed by atoms with Crippen molar-refractivity contribution in [2.45, 2.75) is 38.6 Å². The largest absolute Gasteiger partial charge is 0.411 e. The fourth-order valence-electron chi connectivity index (χ4n) is 1.29. The van der Waals surface area contributed by atoms with E-state index >= 15 is 0 Å². The molecular weight excluding hydrogens is 279 g/mol. The van der Waals surface area contributed by atoms with Crippen molar-refractivity contribution in [3.8, 4) is 0 Å². The zero-order valence-electron chi connectivity index (χ0n) is 11.4. The first-order valence-electron chi connectivity index (χ1n) is 6.09. The number of aromatic nitrogens is 2. The highest BCUT2D eigenvalue weighted by Crippen LogP contribution is 2.17. The number of nitrogens with zero attached hydrogens (tertiary/aromatic N) is 2. The van der Waals surface area contributed by atoms with E-state index in [0.29, 0.717) is 6.61 Å². The maximum absolute atomic E-state index is 11.9. The summed E-state index contributed by atoms with van der Waals surface area (Å²) in [5.74, 6) is 0.107. The van der Waals surface area contributed by atoms with E-state index in [1.165, 1.54) is 0 Å². The van der Waals surface area contributed by atoms with E-state index < -0.39 is 24.9 Å². The Morgan fingerprint density at radius 3 is 2.55 bits per heavy atom. The zero-order chi connectivity index (χ0) is 15.2. The van der Waals surface area contributed by atoms with Gasteiger partial charge < -0.3 is 19.7 Å². The van der Waals surface area contributed by atoms with Crippen molar-refractivity contribution in [1.82, 2.24) is 10.1 Å². The normalized spacial score (nSPS) is 15.3. The third-order valence-electron chi connectivity index (χ3n) is 2.22. The quantitative estimate of drug-likeness (QED) is 0.736. The first kappa shape index (κ1) is 16.9. The summed E-state index contributed by atoms with van der Waals surface area (Å²) >= 11 is 0. The standard InChI is InChI=1S/C11H18F3N3O3/c1-3-4-18-6-10(2,15)9-16-8(20-17-9)5-19-7-11(12,13)14/h3-7,15H2,1-2H3. The third kappa shape index (κ3) is 5.85. The van der Waals surface area contributed by atoms with Crippen molar-refractivity contribution in [1.29, 1.82) is 0 Å². The summed E-state index contributed by atoms with van der Waals surface area (Å²) in [5, 5.41) is 3.63. The van der Waals surface area contributed by atoms with Crippen LogP contribution in [0.25, 0.3) is 0 Å². The molecule has 1 atom stereocenters. The van der Waals surface area contributed by atoms with E-state index in [1.807, 2.05) is 6.92 Å². The van der Waals surface area contributed by atoms with E-state index in [1.54, 1.807) is 6.92 Å². The highest BCUT2D eigenvalue weighted by Gasteiger charge is 2.29. The Morgan fingerprint density at radius 1 is 1.25 bits per heavy atom. The highest BCUT2D eigenvalue weighted by molar-refractivity contribution is 5.01. The Hall–Kier alpha value is -1.19. The van der Waals surface area contributed by atoms with Gasteiger partial charge in [-0.2, -0.15) is 18.2 Å². The Balaban J connectivity index is 2.49. The van der Waals surface area contributed by atoms with Crippen LogP contribution < -0.4 is 5.73 Å². The van der Waals surface area contributed by atoms with Gasteiger partial charge in [0.15, 0.2) is 5.82 Å². The topological polar surface area (TPSA) is 83.4 Å². The van der Waals surface area contributed by atoms with Crippen LogP contribution in [0.5, 0.6) is 0 Å². The second kappa shape index (κ2) is 7.00. The van der Waals surface area contributed by atoms with Crippen LogP contribution in [0.3, 0.4) is 0 Å². The second-order valence-corrected chi connectivity index (χ2v) is 4.59. The van der Waals surface area contributed by atoms with Crippen molar-refractivity contribution >= 4 is 0 Å². The average Bonchev–Trinajstić information content (AvgIpc) is 2.77. The number of hydrogen-bond donors (Lipinski definition) is 1. The van der Waals surface area contributed by atoms with E-state index in [0.717, 1.165) is 6.42 Å². The molecule has 1 heterocycles. The smallest absolute Gasteiger partial charge is 0.379 e. The minimum atomic E-state index is -4.39. The van der Waals surface area contributed by atoms with Gasteiger partial charge in [-0.15, -0.1) is 0 Å². The number of rotatable bonds is 8. The van der Waals surface area contributed by atoms with Gasteiger partial charge in [0.1, 0.15) is 18.8 Å². The Bertz CT molecular complexity index is 407. The van der Waals surface area contributed by atoms with Crippen LogP contribution in [0, 0.1) is 0 Å². The average molecular weight is 297 g/mol. The first-order chi connectivity index (χ1) is 9.24. The molecule has 0 spiro atoms.